The zero-order valence-electron chi connectivity index (χ0n) is 20.5. The van der Waals surface area contributed by atoms with Gasteiger partial charge in [0.05, 0.1) is 4.92 Å². The van der Waals surface area contributed by atoms with Crippen LogP contribution in [0.4, 0.5) is 11.5 Å². The van der Waals surface area contributed by atoms with E-state index in [4.69, 9.17) is 10.7 Å². The van der Waals surface area contributed by atoms with Crippen LogP contribution < -0.4 is 16.4 Å². The zero-order valence-corrected chi connectivity index (χ0v) is 20.5. The Morgan fingerprint density at radius 1 is 1.05 bits per heavy atom. The summed E-state index contributed by atoms with van der Waals surface area (Å²) in [6.07, 6.45) is 7.52. The summed E-state index contributed by atoms with van der Waals surface area (Å²) in [6.45, 7) is 0.835. The molecule has 1 aliphatic rings. The maximum absolute atomic E-state index is 13.0. The van der Waals surface area contributed by atoms with E-state index in [1.54, 1.807) is 18.2 Å². The Hall–Kier alpha value is -4.24. The van der Waals surface area contributed by atoms with E-state index in [1.807, 2.05) is 40.9 Å². The molecule has 0 bridgehead atoms. The predicted molar refractivity (Wildman–Crippen MR) is 143 cm³/mol. The number of nitrogens with one attached hydrogen (secondary N) is 2. The highest BCUT2D eigenvalue weighted by Crippen LogP contribution is 2.33. The number of aromatic nitrogens is 2. The van der Waals surface area contributed by atoms with Crippen molar-refractivity contribution in [3.05, 3.63) is 93.7 Å². The van der Waals surface area contributed by atoms with Crippen molar-refractivity contribution in [1.82, 2.24) is 14.7 Å². The van der Waals surface area contributed by atoms with Gasteiger partial charge in [-0.1, -0.05) is 55.7 Å². The fraction of sp³-hybridized carbons (Fsp3) is 0.286. The van der Waals surface area contributed by atoms with Crippen molar-refractivity contribution in [2.24, 2.45) is 5.73 Å². The van der Waals surface area contributed by atoms with Gasteiger partial charge in [0.1, 0.15) is 17.2 Å². The average molecular weight is 499 g/mol. The van der Waals surface area contributed by atoms with E-state index in [0.29, 0.717) is 41.6 Å². The summed E-state index contributed by atoms with van der Waals surface area (Å²) in [6, 6.07) is 18.1. The first-order valence-corrected chi connectivity index (χ1v) is 12.6. The Morgan fingerprint density at radius 3 is 2.62 bits per heavy atom. The summed E-state index contributed by atoms with van der Waals surface area (Å²) in [5, 5.41) is 18.0. The third-order valence-electron chi connectivity index (χ3n) is 6.84. The Kier molecular flexibility index (Phi) is 7.14. The van der Waals surface area contributed by atoms with Crippen LogP contribution in [0.3, 0.4) is 0 Å². The summed E-state index contributed by atoms with van der Waals surface area (Å²) < 4.78 is 1.92. The third-order valence-corrected chi connectivity index (χ3v) is 6.84. The summed E-state index contributed by atoms with van der Waals surface area (Å²) in [5.41, 5.74) is 10.1. The maximum Gasteiger partial charge on any atom is 0.270 e. The molecular formula is C28H30N6O3. The lowest BCUT2D eigenvalue weighted by atomic mass is 9.95. The average Bonchev–Trinajstić information content (AvgIpc) is 3.30. The topological polar surface area (TPSA) is 128 Å². The number of non-ortho nitro benzene ring substituents is 1. The Morgan fingerprint density at radius 2 is 1.84 bits per heavy atom. The van der Waals surface area contributed by atoms with E-state index in [-0.39, 0.29) is 11.6 Å². The number of hydrogen-bond donors (Lipinski definition) is 3. The first-order valence-electron chi connectivity index (χ1n) is 12.6. The molecule has 9 heteroatoms. The molecule has 190 valence electrons. The van der Waals surface area contributed by atoms with Crippen LogP contribution in [0.1, 0.15) is 53.6 Å². The molecule has 0 spiro atoms. The molecule has 2 aromatic carbocycles. The van der Waals surface area contributed by atoms with Crippen molar-refractivity contribution < 1.29 is 9.72 Å². The number of carbonyl (C=O) groups is 1. The van der Waals surface area contributed by atoms with Gasteiger partial charge in [0.2, 0.25) is 0 Å². The molecule has 0 radical (unpaired) electrons. The third kappa shape index (κ3) is 5.46. The highest BCUT2D eigenvalue weighted by molar-refractivity contribution is 5.95. The summed E-state index contributed by atoms with van der Waals surface area (Å²) in [7, 11) is 0. The molecule has 9 nitrogen and oxygen atoms in total. The highest BCUT2D eigenvalue weighted by Gasteiger charge is 2.21. The smallest absolute Gasteiger partial charge is 0.270 e. The zero-order chi connectivity index (χ0) is 25.8. The van der Waals surface area contributed by atoms with E-state index in [9.17, 15) is 14.9 Å². The van der Waals surface area contributed by atoms with Crippen LogP contribution >= 0.6 is 0 Å². The van der Waals surface area contributed by atoms with E-state index in [2.05, 4.69) is 10.6 Å². The molecule has 0 unspecified atom stereocenters. The number of pyridine rings is 1. The Labute approximate surface area is 214 Å². The lowest BCUT2D eigenvalue weighted by Crippen LogP contribution is -2.24. The molecule has 1 saturated carbocycles. The second-order valence-corrected chi connectivity index (χ2v) is 9.45. The van der Waals surface area contributed by atoms with Gasteiger partial charge in [-0.2, -0.15) is 0 Å². The summed E-state index contributed by atoms with van der Waals surface area (Å²) >= 11 is 0. The fourth-order valence-electron chi connectivity index (χ4n) is 4.88. The van der Waals surface area contributed by atoms with Gasteiger partial charge in [0.15, 0.2) is 0 Å². The largest absolute Gasteiger partial charge is 0.367 e. The molecule has 5 rings (SSSR count). The van der Waals surface area contributed by atoms with Crippen molar-refractivity contribution in [3.8, 4) is 11.3 Å². The summed E-state index contributed by atoms with van der Waals surface area (Å²) in [5.74, 6) is 0.579. The van der Waals surface area contributed by atoms with E-state index in [0.717, 1.165) is 29.8 Å². The molecule has 0 saturated heterocycles. The number of nitrogens with two attached hydrogens (primary N) is 1. The van der Waals surface area contributed by atoms with Crippen LogP contribution in [0, 0.1) is 10.1 Å². The SMILES string of the molecule is NCc1cccc(CNC(=O)c2ccn3c(NC4CCCCC4)c(-c4cccc([N+](=O)[O-])c4)nc3c2)c1. The van der Waals surface area contributed by atoms with Crippen LogP contribution in [0.25, 0.3) is 16.9 Å². The molecule has 1 amide bonds. The number of hydrogen-bond acceptors (Lipinski definition) is 6. The fourth-order valence-corrected chi connectivity index (χ4v) is 4.88. The van der Waals surface area contributed by atoms with Gasteiger partial charge in [-0.25, -0.2) is 4.98 Å². The standard InChI is InChI=1S/C28H30N6O3/c29-17-19-6-4-7-20(14-19)18-30-28(35)22-12-13-33-25(16-22)32-26(21-8-5-11-24(15-21)34(36)37)27(33)31-23-9-2-1-3-10-23/h4-8,11-16,23,31H,1-3,9-10,17-18,29H2,(H,30,35). The normalized spacial score (nSPS) is 14.0. The molecule has 1 fully saturated rings. The van der Waals surface area contributed by atoms with E-state index >= 15 is 0 Å². The Balaban J connectivity index is 1.46. The molecule has 0 aliphatic heterocycles. The Bertz CT molecular complexity index is 1440. The quantitative estimate of drug-likeness (QED) is 0.231. The van der Waals surface area contributed by atoms with Crippen molar-refractivity contribution >= 4 is 23.1 Å². The van der Waals surface area contributed by atoms with Crippen molar-refractivity contribution in [1.29, 1.82) is 0 Å². The van der Waals surface area contributed by atoms with Crippen LogP contribution in [0.15, 0.2) is 66.9 Å². The minimum Gasteiger partial charge on any atom is -0.367 e. The van der Waals surface area contributed by atoms with Crippen LogP contribution in [0.2, 0.25) is 0 Å². The second kappa shape index (κ2) is 10.8. The minimum atomic E-state index is -0.404. The molecule has 4 aromatic rings. The van der Waals surface area contributed by atoms with Gasteiger partial charge in [0.25, 0.3) is 11.6 Å². The number of anilines is 1. The monoisotopic (exact) mass is 498 g/mol. The second-order valence-electron chi connectivity index (χ2n) is 9.45. The molecular weight excluding hydrogens is 468 g/mol. The number of carbonyl (C=O) groups excluding carboxylic acids is 1. The van der Waals surface area contributed by atoms with Crippen molar-refractivity contribution in [3.63, 3.8) is 0 Å². The molecule has 37 heavy (non-hydrogen) atoms. The van der Waals surface area contributed by atoms with Crippen LogP contribution in [-0.2, 0) is 13.1 Å². The lowest BCUT2D eigenvalue weighted by molar-refractivity contribution is -0.384. The molecule has 4 N–H and O–H groups in total. The first kappa shape index (κ1) is 24.5. The van der Waals surface area contributed by atoms with Crippen molar-refractivity contribution in [2.75, 3.05) is 5.32 Å². The van der Waals surface area contributed by atoms with Gasteiger partial charge in [-0.15, -0.1) is 0 Å². The van der Waals surface area contributed by atoms with Gasteiger partial charge in [-0.3, -0.25) is 19.3 Å². The van der Waals surface area contributed by atoms with E-state index < -0.39 is 4.92 Å². The number of rotatable bonds is 8. The minimum absolute atomic E-state index is 0.0111. The predicted octanol–water partition coefficient (Wildman–Crippen LogP) is 5.04. The van der Waals surface area contributed by atoms with Gasteiger partial charge >= 0.3 is 0 Å². The van der Waals surface area contributed by atoms with E-state index in [1.165, 1.54) is 31.4 Å². The number of imidazole rings is 1. The lowest BCUT2D eigenvalue weighted by Gasteiger charge is -2.24. The maximum atomic E-state index is 13.0. The number of nitrogens with zero attached hydrogens (tertiary/aromatic N) is 3. The number of nitro groups is 1. The number of fused-ring (bicyclic) bond motifs is 1. The van der Waals surface area contributed by atoms with Crippen LogP contribution in [0.5, 0.6) is 0 Å². The number of amides is 1. The number of benzene rings is 2. The molecule has 0 atom stereocenters. The molecule has 2 aromatic heterocycles. The molecule has 1 aliphatic carbocycles. The van der Waals surface area contributed by atoms with Gasteiger partial charge in [-0.05, 0) is 36.1 Å². The summed E-state index contributed by atoms with van der Waals surface area (Å²) in [4.78, 5) is 28.8. The van der Waals surface area contributed by atoms with Gasteiger partial charge < -0.3 is 16.4 Å². The van der Waals surface area contributed by atoms with Crippen molar-refractivity contribution in [2.45, 2.75) is 51.2 Å². The van der Waals surface area contributed by atoms with Crippen LogP contribution in [-0.4, -0.2) is 26.3 Å². The highest BCUT2D eigenvalue weighted by atomic mass is 16.6. The molecule has 2 heterocycles. The number of nitro benzene ring substituents is 1. The first-order chi connectivity index (χ1) is 18.0. The van der Waals surface area contributed by atoms with Gasteiger partial charge in [0, 0.05) is 48.6 Å².